The third-order valence-electron chi connectivity index (χ3n) is 3.29. The lowest BCUT2D eigenvalue weighted by atomic mass is 10.3. The smallest absolute Gasteiger partial charge is 0.245 e. The molecule has 0 unspecified atom stereocenters. The van der Waals surface area contributed by atoms with E-state index < -0.39 is 0 Å². The molecular formula is C18H18N4O. The number of hydrogen-bond acceptors (Lipinski definition) is 4. The second kappa shape index (κ2) is 6.87. The minimum Gasteiger partial charge on any atom is -0.476 e. The molecule has 0 spiro atoms. The van der Waals surface area contributed by atoms with Crippen LogP contribution >= 0.6 is 0 Å². The number of aryl methyl sites for hydroxylation is 1. The summed E-state index contributed by atoms with van der Waals surface area (Å²) in [7, 11) is 0. The normalized spacial score (nSPS) is 11.0. The first kappa shape index (κ1) is 15.0. The number of aromatic nitrogens is 2. The average molecular weight is 306 g/mol. The minimum absolute atomic E-state index is 0.534. The van der Waals surface area contributed by atoms with Crippen molar-refractivity contribution < 1.29 is 4.74 Å². The lowest BCUT2D eigenvalue weighted by molar-refractivity contribution is 0.317. The Morgan fingerprint density at radius 3 is 2.26 bits per heavy atom. The summed E-state index contributed by atoms with van der Waals surface area (Å²) < 4.78 is 7.54. The molecule has 23 heavy (non-hydrogen) atoms. The van der Waals surface area contributed by atoms with Crippen LogP contribution in [-0.4, -0.2) is 16.4 Å². The van der Waals surface area contributed by atoms with Crippen molar-refractivity contribution in [2.24, 2.45) is 10.2 Å². The van der Waals surface area contributed by atoms with Gasteiger partial charge in [0.05, 0.1) is 23.7 Å². The highest BCUT2D eigenvalue weighted by Gasteiger charge is 2.17. The van der Waals surface area contributed by atoms with Crippen molar-refractivity contribution in [3.63, 3.8) is 0 Å². The van der Waals surface area contributed by atoms with Gasteiger partial charge in [0, 0.05) is 0 Å². The largest absolute Gasteiger partial charge is 0.476 e. The van der Waals surface area contributed by atoms with Crippen LogP contribution in [0.1, 0.15) is 12.6 Å². The first-order chi connectivity index (χ1) is 11.3. The molecule has 0 amide bonds. The maximum Gasteiger partial charge on any atom is 0.245 e. The molecule has 0 saturated heterocycles. The van der Waals surface area contributed by atoms with Crippen LogP contribution in [0.2, 0.25) is 0 Å². The number of benzene rings is 2. The van der Waals surface area contributed by atoms with E-state index in [1.54, 1.807) is 4.68 Å². The molecule has 0 aliphatic heterocycles. The molecule has 0 bridgehead atoms. The summed E-state index contributed by atoms with van der Waals surface area (Å²) >= 11 is 0. The summed E-state index contributed by atoms with van der Waals surface area (Å²) in [5.74, 6) is 0.607. The molecule has 2 aromatic carbocycles. The quantitative estimate of drug-likeness (QED) is 0.623. The fourth-order valence-corrected chi connectivity index (χ4v) is 2.23. The molecule has 0 N–H and O–H groups in total. The van der Waals surface area contributed by atoms with Crippen molar-refractivity contribution in [3.8, 4) is 11.6 Å². The summed E-state index contributed by atoms with van der Waals surface area (Å²) in [6.07, 6.45) is 0. The Morgan fingerprint density at radius 2 is 1.61 bits per heavy atom. The topological polar surface area (TPSA) is 51.8 Å². The SMILES string of the molecule is CCOc1c(N=Nc2ccccc2)c(C)nn1-c1ccccc1. The van der Waals surface area contributed by atoms with Crippen LogP contribution in [0.4, 0.5) is 11.4 Å². The van der Waals surface area contributed by atoms with Crippen molar-refractivity contribution in [2.45, 2.75) is 13.8 Å². The van der Waals surface area contributed by atoms with Crippen LogP contribution in [0, 0.1) is 6.92 Å². The monoisotopic (exact) mass is 306 g/mol. The molecule has 1 heterocycles. The number of nitrogens with zero attached hydrogens (tertiary/aromatic N) is 4. The maximum atomic E-state index is 5.78. The standard InChI is InChI=1S/C18H18N4O/c1-3-23-18-17(20-19-15-10-6-4-7-11-15)14(2)21-22(18)16-12-8-5-9-13-16/h4-13H,3H2,1-2H3. The van der Waals surface area contributed by atoms with Gasteiger partial charge in [0.1, 0.15) is 0 Å². The second-order valence-corrected chi connectivity index (χ2v) is 4.96. The van der Waals surface area contributed by atoms with Crippen LogP contribution in [-0.2, 0) is 0 Å². The third kappa shape index (κ3) is 3.29. The van der Waals surface area contributed by atoms with E-state index in [0.29, 0.717) is 18.2 Å². The molecule has 0 aliphatic carbocycles. The van der Waals surface area contributed by atoms with Gasteiger partial charge in [-0.25, -0.2) is 0 Å². The van der Waals surface area contributed by atoms with E-state index in [0.717, 1.165) is 17.1 Å². The highest BCUT2D eigenvalue weighted by molar-refractivity contribution is 5.55. The summed E-state index contributed by atoms with van der Waals surface area (Å²) in [6.45, 7) is 4.38. The zero-order valence-electron chi connectivity index (χ0n) is 13.2. The van der Waals surface area contributed by atoms with Gasteiger partial charge in [-0.15, -0.1) is 5.11 Å². The fraction of sp³-hybridized carbons (Fsp3) is 0.167. The summed E-state index contributed by atoms with van der Waals surface area (Å²) in [5, 5.41) is 13.2. The Hall–Kier alpha value is -2.95. The van der Waals surface area contributed by atoms with Gasteiger partial charge >= 0.3 is 0 Å². The van der Waals surface area contributed by atoms with E-state index >= 15 is 0 Å². The van der Waals surface area contributed by atoms with Crippen LogP contribution in [0.5, 0.6) is 5.88 Å². The van der Waals surface area contributed by atoms with Crippen molar-refractivity contribution in [2.75, 3.05) is 6.61 Å². The molecule has 5 heteroatoms. The number of ether oxygens (including phenoxy) is 1. The number of hydrogen-bond donors (Lipinski definition) is 0. The molecule has 0 saturated carbocycles. The Kier molecular flexibility index (Phi) is 4.47. The second-order valence-electron chi connectivity index (χ2n) is 4.96. The van der Waals surface area contributed by atoms with E-state index in [4.69, 9.17) is 4.74 Å². The molecule has 0 fully saturated rings. The lowest BCUT2D eigenvalue weighted by Crippen LogP contribution is -2.02. The lowest BCUT2D eigenvalue weighted by Gasteiger charge is -2.07. The number of azo groups is 1. The number of rotatable bonds is 5. The predicted octanol–water partition coefficient (Wildman–Crippen LogP) is 4.99. The molecular weight excluding hydrogens is 288 g/mol. The van der Waals surface area contributed by atoms with Gasteiger partial charge in [-0.1, -0.05) is 36.4 Å². The van der Waals surface area contributed by atoms with E-state index in [2.05, 4.69) is 15.3 Å². The van der Waals surface area contributed by atoms with Crippen molar-refractivity contribution in [1.82, 2.24) is 9.78 Å². The van der Waals surface area contributed by atoms with Gasteiger partial charge in [0.15, 0.2) is 5.69 Å². The predicted molar refractivity (Wildman–Crippen MR) is 90.1 cm³/mol. The molecule has 3 aromatic rings. The van der Waals surface area contributed by atoms with Crippen molar-refractivity contribution >= 4 is 11.4 Å². The molecule has 0 aliphatic rings. The summed E-state index contributed by atoms with van der Waals surface area (Å²) in [6, 6.07) is 19.5. The van der Waals surface area contributed by atoms with Gasteiger partial charge in [-0.05, 0) is 38.1 Å². The first-order valence-corrected chi connectivity index (χ1v) is 7.54. The van der Waals surface area contributed by atoms with Crippen LogP contribution in [0.3, 0.4) is 0 Å². The number of para-hydroxylation sites is 1. The van der Waals surface area contributed by atoms with E-state index in [9.17, 15) is 0 Å². The van der Waals surface area contributed by atoms with Crippen molar-refractivity contribution in [1.29, 1.82) is 0 Å². The Morgan fingerprint density at radius 1 is 0.957 bits per heavy atom. The van der Waals surface area contributed by atoms with Gasteiger partial charge in [-0.2, -0.15) is 14.9 Å². The molecule has 1 aromatic heterocycles. The summed E-state index contributed by atoms with van der Waals surface area (Å²) in [4.78, 5) is 0. The zero-order valence-corrected chi connectivity index (χ0v) is 13.2. The van der Waals surface area contributed by atoms with Crippen LogP contribution in [0.15, 0.2) is 70.9 Å². The van der Waals surface area contributed by atoms with Crippen LogP contribution in [0.25, 0.3) is 5.69 Å². The molecule has 3 rings (SSSR count). The molecule has 116 valence electrons. The van der Waals surface area contributed by atoms with Gasteiger partial charge in [0.2, 0.25) is 5.88 Å². The van der Waals surface area contributed by atoms with Crippen LogP contribution < -0.4 is 4.74 Å². The van der Waals surface area contributed by atoms with Crippen molar-refractivity contribution in [3.05, 3.63) is 66.4 Å². The first-order valence-electron chi connectivity index (χ1n) is 7.54. The zero-order chi connectivity index (χ0) is 16.1. The Labute approximate surface area is 135 Å². The maximum absolute atomic E-state index is 5.78. The fourth-order valence-electron chi connectivity index (χ4n) is 2.23. The van der Waals surface area contributed by atoms with E-state index in [1.807, 2.05) is 74.5 Å². The molecule has 0 atom stereocenters. The minimum atomic E-state index is 0.534. The van der Waals surface area contributed by atoms with E-state index in [-0.39, 0.29) is 0 Å². The Bertz CT molecular complexity index is 795. The molecule has 5 nitrogen and oxygen atoms in total. The Balaban J connectivity index is 2.03. The highest BCUT2D eigenvalue weighted by atomic mass is 16.5. The van der Waals surface area contributed by atoms with Gasteiger partial charge in [-0.3, -0.25) is 0 Å². The van der Waals surface area contributed by atoms with E-state index in [1.165, 1.54) is 0 Å². The third-order valence-corrected chi connectivity index (χ3v) is 3.29. The average Bonchev–Trinajstić information content (AvgIpc) is 2.91. The summed E-state index contributed by atoms with van der Waals surface area (Å²) in [5.41, 5.74) is 3.15. The molecule has 0 radical (unpaired) electrons. The van der Waals surface area contributed by atoms with Gasteiger partial charge < -0.3 is 4.74 Å². The van der Waals surface area contributed by atoms with Gasteiger partial charge in [0.25, 0.3) is 0 Å². The highest BCUT2D eigenvalue weighted by Crippen LogP contribution is 2.34.